The van der Waals surface area contributed by atoms with Crippen LogP contribution in [0.5, 0.6) is 0 Å². The minimum absolute atomic E-state index is 0.896. The predicted octanol–water partition coefficient (Wildman–Crippen LogP) is 3.03. The van der Waals surface area contributed by atoms with Crippen LogP contribution in [-0.2, 0) is 19.9 Å². The van der Waals surface area contributed by atoms with Crippen molar-refractivity contribution in [3.63, 3.8) is 0 Å². The van der Waals surface area contributed by atoms with Crippen LogP contribution < -0.4 is 0 Å². The van der Waals surface area contributed by atoms with Gasteiger partial charge in [0.2, 0.25) is 0 Å². The van der Waals surface area contributed by atoms with Gasteiger partial charge < -0.3 is 0 Å². The maximum Gasteiger partial charge on any atom is 0.0945 e. The maximum absolute atomic E-state index is 4.92. The fourth-order valence-electron chi connectivity index (χ4n) is 3.39. The number of hydrogen-bond donors (Lipinski definition) is 1. The first-order valence-corrected chi connectivity index (χ1v) is 8.27. The fourth-order valence-corrected chi connectivity index (χ4v) is 3.39. The summed E-state index contributed by atoms with van der Waals surface area (Å²) in [7, 11) is 1.94. The zero-order valence-corrected chi connectivity index (χ0v) is 13.8. The molecule has 4 aromatic rings. The third-order valence-corrected chi connectivity index (χ3v) is 4.70. The second kappa shape index (κ2) is 5.37. The highest BCUT2D eigenvalue weighted by Gasteiger charge is 2.20. The van der Waals surface area contributed by atoms with Gasteiger partial charge in [-0.3, -0.25) is 14.8 Å². The molecule has 0 spiro atoms. The predicted molar refractivity (Wildman–Crippen MR) is 94.7 cm³/mol. The molecule has 0 fully saturated rings. The Morgan fingerprint density at radius 2 is 1.96 bits per heavy atom. The van der Waals surface area contributed by atoms with Gasteiger partial charge in [0.1, 0.15) is 0 Å². The van der Waals surface area contributed by atoms with E-state index in [0.29, 0.717) is 0 Å². The highest BCUT2D eigenvalue weighted by Crippen LogP contribution is 2.32. The Kier molecular flexibility index (Phi) is 3.03. The summed E-state index contributed by atoms with van der Waals surface area (Å²) in [5.41, 5.74) is 8.32. The third-order valence-electron chi connectivity index (χ3n) is 4.70. The van der Waals surface area contributed by atoms with Crippen LogP contribution in [0.15, 0.2) is 48.9 Å². The maximum atomic E-state index is 4.92. The summed E-state index contributed by atoms with van der Waals surface area (Å²) < 4.78 is 1.87. The number of rotatable bonds is 2. The Labute approximate surface area is 144 Å². The summed E-state index contributed by atoms with van der Waals surface area (Å²) in [5.74, 6) is 0. The number of hydrogen-bond acceptors (Lipinski definition) is 4. The van der Waals surface area contributed by atoms with E-state index in [9.17, 15) is 0 Å². The Balaban J connectivity index is 1.62. The molecule has 0 amide bonds. The van der Waals surface area contributed by atoms with Gasteiger partial charge in [-0.05, 0) is 48.2 Å². The van der Waals surface area contributed by atoms with Crippen molar-refractivity contribution in [2.75, 3.05) is 0 Å². The van der Waals surface area contributed by atoms with Crippen molar-refractivity contribution in [1.82, 2.24) is 29.9 Å². The van der Waals surface area contributed by atoms with Crippen molar-refractivity contribution in [3.05, 3.63) is 60.0 Å². The van der Waals surface area contributed by atoms with Crippen molar-refractivity contribution in [1.29, 1.82) is 0 Å². The van der Waals surface area contributed by atoms with Crippen molar-refractivity contribution >= 4 is 0 Å². The second-order valence-electron chi connectivity index (χ2n) is 6.25. The normalized spacial score (nSPS) is 12.7. The highest BCUT2D eigenvalue weighted by atomic mass is 15.3. The number of aryl methyl sites for hydroxylation is 3. The lowest BCUT2D eigenvalue weighted by Crippen LogP contribution is -2.06. The molecule has 4 aromatic heterocycles. The lowest BCUT2D eigenvalue weighted by Gasteiger charge is -2.15. The van der Waals surface area contributed by atoms with E-state index in [-0.39, 0.29) is 0 Å². The highest BCUT2D eigenvalue weighted by molar-refractivity contribution is 5.71. The molecule has 0 bridgehead atoms. The van der Waals surface area contributed by atoms with E-state index in [2.05, 4.69) is 38.5 Å². The molecule has 6 heteroatoms. The van der Waals surface area contributed by atoms with Crippen LogP contribution in [0.1, 0.15) is 11.1 Å². The van der Waals surface area contributed by atoms with E-state index >= 15 is 0 Å². The molecule has 0 saturated heterocycles. The lowest BCUT2D eigenvalue weighted by atomic mass is 9.94. The molecule has 0 unspecified atom stereocenters. The summed E-state index contributed by atoms with van der Waals surface area (Å²) >= 11 is 0. The Bertz CT molecular complexity index is 1060. The Morgan fingerprint density at radius 3 is 2.84 bits per heavy atom. The monoisotopic (exact) mass is 328 g/mol. The number of aromatic nitrogens is 6. The molecule has 5 rings (SSSR count). The van der Waals surface area contributed by atoms with E-state index in [1.165, 1.54) is 11.1 Å². The van der Waals surface area contributed by atoms with Gasteiger partial charge in [-0.1, -0.05) is 6.07 Å². The molecule has 0 atom stereocenters. The topological polar surface area (TPSA) is 72.3 Å². The number of H-pyrrole nitrogens is 1. The van der Waals surface area contributed by atoms with E-state index < -0.39 is 0 Å². The van der Waals surface area contributed by atoms with E-state index in [1.54, 1.807) is 6.20 Å². The van der Waals surface area contributed by atoms with E-state index in [4.69, 9.17) is 4.98 Å². The van der Waals surface area contributed by atoms with Crippen LogP contribution in [0.4, 0.5) is 0 Å². The van der Waals surface area contributed by atoms with Crippen molar-refractivity contribution < 1.29 is 0 Å². The van der Waals surface area contributed by atoms with Crippen LogP contribution in [0, 0.1) is 0 Å². The SMILES string of the molecule is Cn1nc(-c2cccnc2)cc1-c1ccc2c(n1)-c1[nH]ncc1CC2. The number of nitrogens with zero attached hydrogens (tertiary/aromatic N) is 5. The number of fused-ring (bicyclic) bond motifs is 3. The Hall–Kier alpha value is -3.28. The molecule has 4 heterocycles. The molecule has 1 aliphatic carbocycles. The van der Waals surface area contributed by atoms with Gasteiger partial charge in [-0.2, -0.15) is 10.2 Å². The smallest absolute Gasteiger partial charge is 0.0945 e. The third kappa shape index (κ3) is 2.26. The molecule has 0 saturated carbocycles. The zero-order chi connectivity index (χ0) is 16.8. The zero-order valence-electron chi connectivity index (χ0n) is 13.8. The van der Waals surface area contributed by atoms with Gasteiger partial charge in [0.15, 0.2) is 0 Å². The first-order valence-electron chi connectivity index (χ1n) is 8.27. The molecule has 0 aromatic carbocycles. The average molecular weight is 328 g/mol. The minimum Gasteiger partial charge on any atom is -0.276 e. The molecule has 0 radical (unpaired) electrons. The number of nitrogens with one attached hydrogen (secondary N) is 1. The molecule has 6 nitrogen and oxygen atoms in total. The first-order chi connectivity index (χ1) is 12.3. The summed E-state index contributed by atoms with van der Waals surface area (Å²) in [4.78, 5) is 9.09. The van der Waals surface area contributed by atoms with E-state index in [0.717, 1.165) is 46.9 Å². The van der Waals surface area contributed by atoms with Crippen LogP contribution in [0.25, 0.3) is 34.0 Å². The van der Waals surface area contributed by atoms with Gasteiger partial charge in [0.25, 0.3) is 0 Å². The van der Waals surface area contributed by atoms with Gasteiger partial charge in [-0.15, -0.1) is 0 Å². The van der Waals surface area contributed by atoms with Crippen LogP contribution in [0.2, 0.25) is 0 Å². The standard InChI is InChI=1S/C19H16N6/c1-25-17(9-16(24-25)13-3-2-8-20-10-13)15-7-6-12-4-5-14-11-21-23-19(14)18(12)22-15/h2-3,6-11H,4-5H2,1H3,(H,21,23). The molecule has 122 valence electrons. The summed E-state index contributed by atoms with van der Waals surface area (Å²) in [6.07, 6.45) is 7.50. The first kappa shape index (κ1) is 14.1. The average Bonchev–Trinajstić information content (AvgIpc) is 3.28. The lowest BCUT2D eigenvalue weighted by molar-refractivity contribution is 0.776. The molecular weight excluding hydrogens is 312 g/mol. The van der Waals surface area contributed by atoms with Gasteiger partial charge in [-0.25, -0.2) is 4.98 Å². The molecule has 1 N–H and O–H groups in total. The second-order valence-corrected chi connectivity index (χ2v) is 6.25. The van der Waals surface area contributed by atoms with Crippen LogP contribution in [0.3, 0.4) is 0 Å². The number of aromatic amines is 1. The van der Waals surface area contributed by atoms with E-state index in [1.807, 2.05) is 36.3 Å². The molecule has 1 aliphatic rings. The van der Waals surface area contributed by atoms with Gasteiger partial charge >= 0.3 is 0 Å². The Morgan fingerprint density at radius 1 is 1.04 bits per heavy atom. The van der Waals surface area contributed by atoms with Gasteiger partial charge in [0.05, 0.1) is 34.7 Å². The van der Waals surface area contributed by atoms with Crippen LogP contribution in [-0.4, -0.2) is 29.9 Å². The molecular formula is C19H16N6. The molecule has 25 heavy (non-hydrogen) atoms. The molecule has 0 aliphatic heterocycles. The van der Waals surface area contributed by atoms with Crippen molar-refractivity contribution in [2.45, 2.75) is 12.8 Å². The van der Waals surface area contributed by atoms with Crippen LogP contribution >= 0.6 is 0 Å². The summed E-state index contributed by atoms with van der Waals surface area (Å²) in [5, 5.41) is 11.9. The quantitative estimate of drug-likeness (QED) is 0.614. The van der Waals surface area contributed by atoms with Crippen molar-refractivity contribution in [2.24, 2.45) is 7.05 Å². The van der Waals surface area contributed by atoms with Crippen molar-refractivity contribution in [3.8, 4) is 34.0 Å². The fraction of sp³-hybridized carbons (Fsp3) is 0.158. The summed E-state index contributed by atoms with van der Waals surface area (Å²) in [6, 6.07) is 10.2. The minimum atomic E-state index is 0.896. The van der Waals surface area contributed by atoms with Gasteiger partial charge in [0, 0.05) is 25.0 Å². The summed E-state index contributed by atoms with van der Waals surface area (Å²) in [6.45, 7) is 0. The largest absolute Gasteiger partial charge is 0.276 e. The number of pyridine rings is 2.